The van der Waals surface area contributed by atoms with Gasteiger partial charge >= 0.3 is 0 Å². The van der Waals surface area contributed by atoms with E-state index in [1.807, 2.05) is 30.3 Å². The highest BCUT2D eigenvalue weighted by Gasteiger charge is 2.21. The number of benzene rings is 2. The average Bonchev–Trinajstić information content (AvgIpc) is 2.63. The van der Waals surface area contributed by atoms with Crippen LogP contribution in [0, 0.1) is 5.92 Å². The minimum Gasteiger partial charge on any atom is -0.326 e. The van der Waals surface area contributed by atoms with Crippen LogP contribution >= 0.6 is 35.1 Å². The van der Waals surface area contributed by atoms with Crippen LogP contribution in [0.1, 0.15) is 32.1 Å². The lowest BCUT2D eigenvalue weighted by molar-refractivity contribution is -0.120. The first kappa shape index (κ1) is 18.4. The van der Waals surface area contributed by atoms with Gasteiger partial charge in [0.25, 0.3) is 0 Å². The standard InChI is InChI=1S/C19H20Cl2N2OS/c20-14-9-10-17(21)18(11-14)25-23-16-8-4-7-15(12-16)22-19(24)13-5-2-1-3-6-13/h4,7-13,23H,1-3,5-6H2,(H,22,24). The molecule has 0 bridgehead atoms. The molecule has 2 N–H and O–H groups in total. The van der Waals surface area contributed by atoms with Gasteiger partial charge in [-0.25, -0.2) is 0 Å². The van der Waals surface area contributed by atoms with Gasteiger partial charge in [-0.15, -0.1) is 0 Å². The third kappa shape index (κ3) is 5.30. The summed E-state index contributed by atoms with van der Waals surface area (Å²) in [6.07, 6.45) is 5.53. The van der Waals surface area contributed by atoms with Gasteiger partial charge in [0.05, 0.1) is 5.02 Å². The van der Waals surface area contributed by atoms with Crippen molar-refractivity contribution in [2.45, 2.75) is 37.0 Å². The SMILES string of the molecule is O=C(Nc1cccc(NSc2cc(Cl)ccc2Cl)c1)C1CCCCC1. The van der Waals surface area contributed by atoms with Crippen molar-refractivity contribution in [2.75, 3.05) is 10.0 Å². The van der Waals surface area contributed by atoms with Crippen LogP contribution in [0.3, 0.4) is 0 Å². The number of anilines is 2. The molecule has 0 heterocycles. The quantitative estimate of drug-likeness (QED) is 0.558. The second kappa shape index (κ2) is 8.84. The van der Waals surface area contributed by atoms with Crippen molar-refractivity contribution >= 4 is 52.4 Å². The van der Waals surface area contributed by atoms with Gasteiger partial charge in [-0.3, -0.25) is 4.79 Å². The Kier molecular flexibility index (Phi) is 6.51. The Morgan fingerprint density at radius 2 is 1.76 bits per heavy atom. The van der Waals surface area contributed by atoms with Gasteiger partial charge in [0.1, 0.15) is 0 Å². The van der Waals surface area contributed by atoms with Gasteiger partial charge in [-0.05, 0) is 61.2 Å². The topological polar surface area (TPSA) is 41.1 Å². The van der Waals surface area contributed by atoms with Crippen molar-refractivity contribution in [1.29, 1.82) is 0 Å². The maximum absolute atomic E-state index is 12.4. The Labute approximate surface area is 162 Å². The Balaban J connectivity index is 1.61. The molecule has 0 spiro atoms. The molecule has 132 valence electrons. The number of amides is 1. The second-order valence-corrected chi connectivity index (χ2v) is 7.88. The normalized spacial score (nSPS) is 15.0. The smallest absolute Gasteiger partial charge is 0.227 e. The van der Waals surface area contributed by atoms with Crippen molar-refractivity contribution in [3.63, 3.8) is 0 Å². The number of rotatable bonds is 5. The fraction of sp³-hybridized carbons (Fsp3) is 0.316. The molecule has 1 amide bonds. The van der Waals surface area contributed by atoms with Crippen LogP contribution in [0.5, 0.6) is 0 Å². The molecular weight excluding hydrogens is 375 g/mol. The summed E-state index contributed by atoms with van der Waals surface area (Å²) < 4.78 is 3.24. The molecule has 2 aromatic carbocycles. The first-order chi connectivity index (χ1) is 12.1. The fourth-order valence-corrected chi connectivity index (χ4v) is 4.12. The molecule has 0 saturated heterocycles. The minimum absolute atomic E-state index is 0.127. The molecule has 1 aliphatic carbocycles. The van der Waals surface area contributed by atoms with Crippen LogP contribution in [0.25, 0.3) is 0 Å². The maximum atomic E-state index is 12.4. The van der Waals surface area contributed by atoms with E-state index < -0.39 is 0 Å². The number of nitrogens with one attached hydrogen (secondary N) is 2. The van der Waals surface area contributed by atoms with E-state index in [1.54, 1.807) is 12.1 Å². The summed E-state index contributed by atoms with van der Waals surface area (Å²) in [4.78, 5) is 13.2. The molecule has 6 heteroatoms. The van der Waals surface area contributed by atoms with Gasteiger partial charge in [0, 0.05) is 27.2 Å². The van der Waals surface area contributed by atoms with Crippen LogP contribution in [0.15, 0.2) is 47.4 Å². The van der Waals surface area contributed by atoms with Crippen molar-refractivity contribution < 1.29 is 4.79 Å². The summed E-state index contributed by atoms with van der Waals surface area (Å²) in [7, 11) is 0. The van der Waals surface area contributed by atoms with Crippen molar-refractivity contribution in [1.82, 2.24) is 0 Å². The van der Waals surface area contributed by atoms with Crippen LogP contribution in [0.2, 0.25) is 10.0 Å². The van der Waals surface area contributed by atoms with Gasteiger partial charge in [0.15, 0.2) is 0 Å². The third-order valence-corrected chi connectivity index (χ3v) is 5.85. The molecule has 1 aliphatic rings. The van der Waals surface area contributed by atoms with E-state index in [0.29, 0.717) is 10.0 Å². The zero-order valence-electron chi connectivity index (χ0n) is 13.7. The monoisotopic (exact) mass is 394 g/mol. The summed E-state index contributed by atoms with van der Waals surface area (Å²) in [6, 6.07) is 13.0. The molecule has 0 radical (unpaired) electrons. The number of carbonyl (C=O) groups is 1. The second-order valence-electron chi connectivity index (χ2n) is 6.18. The van der Waals surface area contributed by atoms with Crippen molar-refractivity contribution in [3.8, 4) is 0 Å². The van der Waals surface area contributed by atoms with E-state index in [0.717, 1.165) is 42.0 Å². The molecule has 2 aromatic rings. The van der Waals surface area contributed by atoms with E-state index in [4.69, 9.17) is 23.2 Å². The van der Waals surface area contributed by atoms with Crippen LogP contribution in [-0.2, 0) is 4.79 Å². The summed E-state index contributed by atoms with van der Waals surface area (Å²) >= 11 is 13.6. The molecule has 3 rings (SSSR count). The van der Waals surface area contributed by atoms with E-state index in [1.165, 1.54) is 18.4 Å². The predicted octanol–water partition coefficient (Wildman–Crippen LogP) is 6.63. The summed E-state index contributed by atoms with van der Waals surface area (Å²) in [5, 5.41) is 4.32. The maximum Gasteiger partial charge on any atom is 0.227 e. The largest absolute Gasteiger partial charge is 0.326 e. The average molecular weight is 395 g/mol. The molecule has 0 aromatic heterocycles. The van der Waals surface area contributed by atoms with E-state index in [9.17, 15) is 4.79 Å². The molecule has 0 aliphatic heterocycles. The molecule has 3 nitrogen and oxygen atoms in total. The zero-order valence-corrected chi connectivity index (χ0v) is 16.1. The van der Waals surface area contributed by atoms with Crippen LogP contribution in [-0.4, -0.2) is 5.91 Å². The number of carbonyl (C=O) groups excluding carboxylic acids is 1. The van der Waals surface area contributed by atoms with Gasteiger partial charge in [0.2, 0.25) is 5.91 Å². The summed E-state index contributed by atoms with van der Waals surface area (Å²) in [6.45, 7) is 0. The molecule has 1 saturated carbocycles. The predicted molar refractivity (Wildman–Crippen MR) is 108 cm³/mol. The highest BCUT2D eigenvalue weighted by molar-refractivity contribution is 8.00. The van der Waals surface area contributed by atoms with Crippen LogP contribution in [0.4, 0.5) is 11.4 Å². The van der Waals surface area contributed by atoms with Gasteiger partial charge in [-0.2, -0.15) is 0 Å². The minimum atomic E-state index is 0.127. The lowest BCUT2D eigenvalue weighted by atomic mass is 9.88. The molecule has 1 fully saturated rings. The summed E-state index contributed by atoms with van der Waals surface area (Å²) in [5.74, 6) is 0.271. The lowest BCUT2D eigenvalue weighted by Gasteiger charge is -2.20. The van der Waals surface area contributed by atoms with Crippen LogP contribution < -0.4 is 10.0 Å². The molecule has 0 unspecified atom stereocenters. The van der Waals surface area contributed by atoms with Gasteiger partial charge in [-0.1, -0.05) is 48.5 Å². The lowest BCUT2D eigenvalue weighted by Crippen LogP contribution is -2.24. The third-order valence-electron chi connectivity index (χ3n) is 4.28. The van der Waals surface area contributed by atoms with E-state index >= 15 is 0 Å². The Morgan fingerprint density at radius 3 is 2.56 bits per heavy atom. The Bertz CT molecular complexity index is 748. The molecule has 25 heavy (non-hydrogen) atoms. The Hall–Kier alpha value is -1.36. The number of hydrogen-bond donors (Lipinski definition) is 2. The fourth-order valence-electron chi connectivity index (χ4n) is 2.94. The van der Waals surface area contributed by atoms with E-state index in [-0.39, 0.29) is 11.8 Å². The number of halogens is 2. The summed E-state index contributed by atoms with van der Waals surface area (Å²) in [5.41, 5.74) is 1.70. The Morgan fingerprint density at radius 1 is 1.00 bits per heavy atom. The first-order valence-electron chi connectivity index (χ1n) is 8.40. The first-order valence-corrected chi connectivity index (χ1v) is 9.98. The molecule has 0 atom stereocenters. The zero-order chi connectivity index (χ0) is 17.6. The van der Waals surface area contributed by atoms with Crippen molar-refractivity contribution in [2.24, 2.45) is 5.92 Å². The van der Waals surface area contributed by atoms with Crippen molar-refractivity contribution in [3.05, 3.63) is 52.5 Å². The number of hydrogen-bond acceptors (Lipinski definition) is 3. The molecular formula is C19H20Cl2N2OS. The van der Waals surface area contributed by atoms with E-state index in [2.05, 4.69) is 10.0 Å². The highest BCUT2D eigenvalue weighted by atomic mass is 35.5. The highest BCUT2D eigenvalue weighted by Crippen LogP contribution is 2.31. The van der Waals surface area contributed by atoms with Gasteiger partial charge < -0.3 is 10.0 Å².